The average Bonchev–Trinajstić information content (AvgIpc) is 2.28. The van der Waals surface area contributed by atoms with E-state index in [2.05, 4.69) is 6.92 Å². The number of nitriles is 1. The van der Waals surface area contributed by atoms with Gasteiger partial charge in [-0.15, -0.1) is 0 Å². The van der Waals surface area contributed by atoms with Crippen molar-refractivity contribution in [1.29, 1.82) is 5.26 Å². The number of hydrogen-bond donors (Lipinski definition) is 0. The van der Waals surface area contributed by atoms with E-state index in [-0.39, 0.29) is 5.82 Å². The quantitative estimate of drug-likeness (QED) is 0.695. The fourth-order valence-corrected chi connectivity index (χ4v) is 2.40. The Balaban J connectivity index is 2.42. The van der Waals surface area contributed by atoms with Crippen molar-refractivity contribution in [1.82, 2.24) is 0 Å². The van der Waals surface area contributed by atoms with Gasteiger partial charge in [0.05, 0.1) is 11.6 Å². The maximum absolute atomic E-state index is 13.1. The van der Waals surface area contributed by atoms with Crippen LogP contribution < -0.4 is 0 Å². The van der Waals surface area contributed by atoms with Gasteiger partial charge in [0.25, 0.3) is 0 Å². The van der Waals surface area contributed by atoms with Gasteiger partial charge in [0, 0.05) is 5.75 Å². The molecular weight excluding hydrogens is 221 g/mol. The Kier molecular flexibility index (Phi) is 5.95. The molecule has 0 amide bonds. The number of unbranched alkanes of at least 4 members (excludes halogenated alkanes) is 2. The first-order valence-corrected chi connectivity index (χ1v) is 6.69. The molecule has 0 aromatic heterocycles. The zero-order valence-electron chi connectivity index (χ0n) is 9.50. The van der Waals surface area contributed by atoms with E-state index >= 15 is 0 Å². The Morgan fingerprint density at radius 1 is 1.31 bits per heavy atom. The van der Waals surface area contributed by atoms with Gasteiger partial charge < -0.3 is 0 Å². The topological polar surface area (TPSA) is 23.8 Å². The minimum atomic E-state index is -0.316. The summed E-state index contributed by atoms with van der Waals surface area (Å²) in [5, 5.41) is 8.70. The molecule has 0 unspecified atom stereocenters. The van der Waals surface area contributed by atoms with Gasteiger partial charge in [0.1, 0.15) is 5.82 Å². The fourth-order valence-electron chi connectivity index (χ4n) is 1.44. The van der Waals surface area contributed by atoms with Crippen LogP contribution in [-0.4, -0.2) is 5.75 Å². The molecule has 0 spiro atoms. The third kappa shape index (κ3) is 4.67. The summed E-state index contributed by atoms with van der Waals surface area (Å²) in [4.78, 5) is 0. The number of thioether (sulfide) groups is 1. The highest BCUT2D eigenvalue weighted by molar-refractivity contribution is 7.98. The number of benzene rings is 1. The number of rotatable bonds is 6. The zero-order chi connectivity index (χ0) is 11.8. The fraction of sp³-hybridized carbons (Fsp3) is 0.462. The molecule has 1 aromatic carbocycles. The maximum atomic E-state index is 13.1. The first kappa shape index (κ1) is 13.1. The van der Waals surface area contributed by atoms with Crippen LogP contribution in [-0.2, 0) is 5.75 Å². The molecule has 0 heterocycles. The van der Waals surface area contributed by atoms with Crippen molar-refractivity contribution in [2.24, 2.45) is 0 Å². The molecule has 0 aliphatic carbocycles. The molecule has 0 aliphatic rings. The Bertz CT molecular complexity index is 371. The van der Waals surface area contributed by atoms with Gasteiger partial charge in [-0.2, -0.15) is 17.0 Å². The van der Waals surface area contributed by atoms with Crippen LogP contribution >= 0.6 is 11.8 Å². The number of nitrogens with zero attached hydrogens (tertiary/aromatic N) is 1. The highest BCUT2D eigenvalue weighted by Gasteiger charge is 2.00. The molecule has 0 saturated carbocycles. The third-order valence-corrected chi connectivity index (χ3v) is 3.36. The van der Waals surface area contributed by atoms with Gasteiger partial charge in [-0.1, -0.05) is 19.8 Å². The second-order valence-corrected chi connectivity index (χ2v) is 4.82. The summed E-state index contributed by atoms with van der Waals surface area (Å²) in [5.74, 6) is 1.57. The van der Waals surface area contributed by atoms with E-state index in [0.717, 1.165) is 17.1 Å². The van der Waals surface area contributed by atoms with Crippen LogP contribution in [0.3, 0.4) is 0 Å². The Hall–Kier alpha value is -1.01. The molecule has 1 aromatic rings. The van der Waals surface area contributed by atoms with E-state index in [4.69, 9.17) is 5.26 Å². The van der Waals surface area contributed by atoms with E-state index in [9.17, 15) is 4.39 Å². The van der Waals surface area contributed by atoms with Crippen LogP contribution in [0.4, 0.5) is 4.39 Å². The van der Waals surface area contributed by atoms with E-state index < -0.39 is 0 Å². The van der Waals surface area contributed by atoms with Crippen molar-refractivity contribution >= 4 is 11.8 Å². The predicted octanol–water partition coefficient (Wildman–Crippen LogP) is 4.12. The zero-order valence-corrected chi connectivity index (χ0v) is 10.3. The molecular formula is C13H16FNS. The lowest BCUT2D eigenvalue weighted by molar-refractivity contribution is 0.626. The minimum absolute atomic E-state index is 0.316. The molecule has 3 heteroatoms. The molecule has 86 valence electrons. The lowest BCUT2D eigenvalue weighted by atomic mass is 10.1. The molecule has 0 N–H and O–H groups in total. The van der Waals surface area contributed by atoms with E-state index in [1.165, 1.54) is 31.4 Å². The van der Waals surface area contributed by atoms with Gasteiger partial charge in [-0.3, -0.25) is 0 Å². The Morgan fingerprint density at radius 3 is 2.81 bits per heavy atom. The Morgan fingerprint density at radius 2 is 2.12 bits per heavy atom. The van der Waals surface area contributed by atoms with Crippen molar-refractivity contribution in [2.45, 2.75) is 31.9 Å². The first-order chi connectivity index (χ1) is 7.76. The third-order valence-electron chi connectivity index (χ3n) is 2.25. The second kappa shape index (κ2) is 7.29. The van der Waals surface area contributed by atoms with E-state index in [0.29, 0.717) is 5.56 Å². The summed E-state index contributed by atoms with van der Waals surface area (Å²) < 4.78 is 13.1. The summed E-state index contributed by atoms with van der Waals surface area (Å²) in [6.45, 7) is 2.18. The first-order valence-electron chi connectivity index (χ1n) is 5.53. The van der Waals surface area contributed by atoms with Crippen molar-refractivity contribution in [3.8, 4) is 6.07 Å². The van der Waals surface area contributed by atoms with Crippen LogP contribution in [0, 0.1) is 17.1 Å². The summed E-state index contributed by atoms with van der Waals surface area (Å²) >= 11 is 1.80. The van der Waals surface area contributed by atoms with Gasteiger partial charge in [0.2, 0.25) is 0 Å². The van der Waals surface area contributed by atoms with Gasteiger partial charge in [-0.25, -0.2) is 4.39 Å². The van der Waals surface area contributed by atoms with Crippen molar-refractivity contribution in [3.63, 3.8) is 0 Å². The van der Waals surface area contributed by atoms with Crippen LogP contribution in [0.2, 0.25) is 0 Å². The molecule has 0 bridgehead atoms. The molecule has 0 atom stereocenters. The largest absolute Gasteiger partial charge is 0.207 e. The summed E-state index contributed by atoms with van der Waals surface area (Å²) in [6.07, 6.45) is 3.68. The van der Waals surface area contributed by atoms with Crippen LogP contribution in [0.5, 0.6) is 0 Å². The van der Waals surface area contributed by atoms with Crippen LogP contribution in [0.15, 0.2) is 18.2 Å². The summed E-state index contributed by atoms with van der Waals surface area (Å²) in [6, 6.07) is 6.51. The highest BCUT2D eigenvalue weighted by Crippen LogP contribution is 2.16. The van der Waals surface area contributed by atoms with Gasteiger partial charge in [-0.05, 0) is 35.9 Å². The van der Waals surface area contributed by atoms with Crippen LogP contribution in [0.25, 0.3) is 0 Å². The normalized spacial score (nSPS) is 10.1. The molecule has 1 rings (SSSR count). The van der Waals surface area contributed by atoms with E-state index in [1.54, 1.807) is 17.8 Å². The number of hydrogen-bond acceptors (Lipinski definition) is 2. The monoisotopic (exact) mass is 237 g/mol. The van der Waals surface area contributed by atoms with Gasteiger partial charge in [0.15, 0.2) is 0 Å². The molecule has 1 nitrogen and oxygen atoms in total. The second-order valence-electron chi connectivity index (χ2n) is 3.72. The maximum Gasteiger partial charge on any atom is 0.124 e. The summed E-state index contributed by atoms with van der Waals surface area (Å²) in [5.41, 5.74) is 1.31. The SMILES string of the molecule is CCCCCSCc1cc(F)cc(C#N)c1. The summed E-state index contributed by atoms with van der Waals surface area (Å²) in [7, 11) is 0. The molecule has 16 heavy (non-hydrogen) atoms. The lowest BCUT2D eigenvalue weighted by Crippen LogP contribution is -1.88. The molecule has 0 radical (unpaired) electrons. The standard InChI is InChI=1S/C13H16FNS/c1-2-3-4-5-16-10-12-6-11(9-15)7-13(14)8-12/h6-8H,2-5,10H2,1H3. The van der Waals surface area contributed by atoms with Gasteiger partial charge >= 0.3 is 0 Å². The lowest BCUT2D eigenvalue weighted by Gasteiger charge is -2.02. The number of halogens is 1. The molecule has 0 fully saturated rings. The highest BCUT2D eigenvalue weighted by atomic mass is 32.2. The molecule has 0 aliphatic heterocycles. The predicted molar refractivity (Wildman–Crippen MR) is 66.8 cm³/mol. The van der Waals surface area contributed by atoms with Crippen molar-refractivity contribution in [3.05, 3.63) is 35.1 Å². The average molecular weight is 237 g/mol. The van der Waals surface area contributed by atoms with Crippen molar-refractivity contribution in [2.75, 3.05) is 5.75 Å². The minimum Gasteiger partial charge on any atom is -0.207 e. The molecule has 0 saturated heterocycles. The van der Waals surface area contributed by atoms with Crippen LogP contribution in [0.1, 0.15) is 37.3 Å². The van der Waals surface area contributed by atoms with E-state index in [1.807, 2.05) is 6.07 Å². The Labute approximate surface area is 101 Å². The van der Waals surface area contributed by atoms with Crippen molar-refractivity contribution < 1.29 is 4.39 Å². The smallest absolute Gasteiger partial charge is 0.124 e.